The van der Waals surface area contributed by atoms with Crippen LogP contribution in [0.2, 0.25) is 0 Å². The molecular weight excluding hydrogens is 210 g/mol. The fraction of sp³-hybridized carbons (Fsp3) is 0.600. The van der Waals surface area contributed by atoms with E-state index < -0.39 is 0 Å². The van der Waals surface area contributed by atoms with Crippen molar-refractivity contribution in [3.63, 3.8) is 0 Å². The van der Waals surface area contributed by atoms with Gasteiger partial charge in [0.15, 0.2) is 0 Å². The van der Waals surface area contributed by atoms with Crippen molar-refractivity contribution in [2.75, 3.05) is 18.5 Å². The van der Waals surface area contributed by atoms with Crippen LogP contribution in [0.5, 0.6) is 0 Å². The standard InChI is InChI=1S/C15H21NO/c1-3-12-9-15(6-7-17-12)10-16-14-5-4-11(2)8-13(14)15/h4-5,8,12,16H,3,6-7,9-10H2,1-2H3. The third-order valence-electron chi connectivity index (χ3n) is 4.37. The number of hydrogen-bond acceptors (Lipinski definition) is 2. The Labute approximate surface area is 103 Å². The highest BCUT2D eigenvalue weighted by atomic mass is 16.5. The second-order valence-electron chi connectivity index (χ2n) is 5.54. The number of hydrogen-bond donors (Lipinski definition) is 1. The first kappa shape index (κ1) is 11.1. The molecule has 1 spiro atoms. The van der Waals surface area contributed by atoms with Crippen LogP contribution >= 0.6 is 0 Å². The summed E-state index contributed by atoms with van der Waals surface area (Å²) in [6, 6.07) is 6.80. The molecule has 2 heteroatoms. The van der Waals surface area contributed by atoms with Gasteiger partial charge in [-0.05, 0) is 37.8 Å². The Hall–Kier alpha value is -1.02. The van der Waals surface area contributed by atoms with Crippen molar-refractivity contribution in [2.24, 2.45) is 0 Å². The Balaban J connectivity index is 1.98. The smallest absolute Gasteiger partial charge is 0.0581 e. The monoisotopic (exact) mass is 231 g/mol. The van der Waals surface area contributed by atoms with E-state index >= 15 is 0 Å². The second-order valence-corrected chi connectivity index (χ2v) is 5.54. The molecule has 92 valence electrons. The van der Waals surface area contributed by atoms with Gasteiger partial charge in [0.25, 0.3) is 0 Å². The summed E-state index contributed by atoms with van der Waals surface area (Å²) in [6.45, 7) is 6.41. The third-order valence-corrected chi connectivity index (χ3v) is 4.37. The molecule has 2 heterocycles. The highest BCUT2D eigenvalue weighted by Crippen LogP contribution is 2.45. The molecule has 2 aliphatic heterocycles. The molecule has 3 rings (SSSR count). The molecule has 1 aromatic carbocycles. The second kappa shape index (κ2) is 4.02. The van der Waals surface area contributed by atoms with Crippen LogP contribution in [0.1, 0.15) is 37.3 Å². The molecule has 2 aliphatic rings. The molecule has 1 fully saturated rings. The number of anilines is 1. The van der Waals surface area contributed by atoms with Gasteiger partial charge in [-0.1, -0.05) is 24.6 Å². The van der Waals surface area contributed by atoms with Gasteiger partial charge in [0.05, 0.1) is 6.10 Å². The van der Waals surface area contributed by atoms with Gasteiger partial charge in [0.1, 0.15) is 0 Å². The summed E-state index contributed by atoms with van der Waals surface area (Å²) in [6.07, 6.45) is 3.90. The van der Waals surface area contributed by atoms with Crippen molar-refractivity contribution in [2.45, 2.75) is 44.6 Å². The van der Waals surface area contributed by atoms with Crippen molar-refractivity contribution >= 4 is 5.69 Å². The quantitative estimate of drug-likeness (QED) is 0.801. The summed E-state index contributed by atoms with van der Waals surface area (Å²) in [7, 11) is 0. The van der Waals surface area contributed by atoms with E-state index in [-0.39, 0.29) is 0 Å². The van der Waals surface area contributed by atoms with Crippen LogP contribution < -0.4 is 5.32 Å². The lowest BCUT2D eigenvalue weighted by atomic mass is 9.73. The third kappa shape index (κ3) is 1.75. The lowest BCUT2D eigenvalue weighted by molar-refractivity contribution is -0.0179. The van der Waals surface area contributed by atoms with Gasteiger partial charge in [0.2, 0.25) is 0 Å². The summed E-state index contributed by atoms with van der Waals surface area (Å²) in [4.78, 5) is 0. The van der Waals surface area contributed by atoms with Crippen LogP contribution in [0.4, 0.5) is 5.69 Å². The Morgan fingerprint density at radius 2 is 2.35 bits per heavy atom. The molecular formula is C15H21NO. The molecule has 2 atom stereocenters. The first-order valence-electron chi connectivity index (χ1n) is 6.70. The van der Waals surface area contributed by atoms with Crippen molar-refractivity contribution in [3.8, 4) is 0 Å². The molecule has 0 amide bonds. The van der Waals surface area contributed by atoms with Crippen LogP contribution in [0.25, 0.3) is 0 Å². The summed E-state index contributed by atoms with van der Waals surface area (Å²) < 4.78 is 5.83. The number of fused-ring (bicyclic) bond motifs is 2. The highest BCUT2D eigenvalue weighted by Gasteiger charge is 2.42. The van der Waals surface area contributed by atoms with Gasteiger partial charge in [-0.2, -0.15) is 0 Å². The fourth-order valence-corrected chi connectivity index (χ4v) is 3.30. The van der Waals surface area contributed by atoms with Crippen LogP contribution in [0, 0.1) is 6.92 Å². The van der Waals surface area contributed by atoms with Crippen molar-refractivity contribution < 1.29 is 4.74 Å². The van der Waals surface area contributed by atoms with Gasteiger partial charge in [0, 0.05) is 24.3 Å². The zero-order chi connectivity index (χ0) is 11.9. The minimum Gasteiger partial charge on any atom is -0.384 e. The summed E-state index contributed by atoms with van der Waals surface area (Å²) in [5.74, 6) is 0. The van der Waals surface area contributed by atoms with E-state index in [4.69, 9.17) is 4.74 Å². The highest BCUT2D eigenvalue weighted by molar-refractivity contribution is 5.61. The molecule has 1 N–H and O–H groups in total. The van der Waals surface area contributed by atoms with E-state index in [1.807, 2.05) is 0 Å². The fourth-order valence-electron chi connectivity index (χ4n) is 3.30. The van der Waals surface area contributed by atoms with E-state index in [9.17, 15) is 0 Å². The Morgan fingerprint density at radius 1 is 1.47 bits per heavy atom. The molecule has 2 unspecified atom stereocenters. The molecule has 0 radical (unpaired) electrons. The first-order chi connectivity index (χ1) is 8.23. The zero-order valence-corrected chi connectivity index (χ0v) is 10.8. The molecule has 1 aromatic rings. The largest absolute Gasteiger partial charge is 0.384 e. The van der Waals surface area contributed by atoms with Crippen LogP contribution in [-0.4, -0.2) is 19.3 Å². The lowest BCUT2D eigenvalue weighted by Crippen LogP contribution is -2.40. The lowest BCUT2D eigenvalue weighted by Gasteiger charge is -2.38. The molecule has 0 bridgehead atoms. The maximum Gasteiger partial charge on any atom is 0.0581 e. The topological polar surface area (TPSA) is 21.3 Å². The Morgan fingerprint density at radius 3 is 3.18 bits per heavy atom. The minimum atomic E-state index is 0.334. The summed E-state index contributed by atoms with van der Waals surface area (Å²) in [5.41, 5.74) is 4.57. The Kier molecular flexibility index (Phi) is 2.62. The van der Waals surface area contributed by atoms with Crippen LogP contribution in [0.15, 0.2) is 18.2 Å². The maximum atomic E-state index is 5.83. The van der Waals surface area contributed by atoms with E-state index in [2.05, 4.69) is 37.4 Å². The molecule has 2 nitrogen and oxygen atoms in total. The van der Waals surface area contributed by atoms with E-state index in [1.165, 1.54) is 23.2 Å². The van der Waals surface area contributed by atoms with Crippen LogP contribution in [-0.2, 0) is 10.2 Å². The normalized spacial score (nSPS) is 31.3. The molecule has 1 saturated heterocycles. The number of aryl methyl sites for hydroxylation is 1. The summed E-state index contributed by atoms with van der Waals surface area (Å²) >= 11 is 0. The maximum absolute atomic E-state index is 5.83. The minimum absolute atomic E-state index is 0.334. The van der Waals surface area contributed by atoms with Crippen LogP contribution in [0.3, 0.4) is 0 Å². The number of ether oxygens (including phenoxy) is 1. The first-order valence-corrected chi connectivity index (χ1v) is 6.70. The predicted octanol–water partition coefficient (Wildman–Crippen LogP) is 3.25. The average Bonchev–Trinajstić information content (AvgIpc) is 2.68. The van der Waals surface area contributed by atoms with Gasteiger partial charge in [-0.25, -0.2) is 0 Å². The average molecular weight is 231 g/mol. The van der Waals surface area contributed by atoms with Gasteiger partial charge in [-0.15, -0.1) is 0 Å². The molecule has 0 saturated carbocycles. The van der Waals surface area contributed by atoms with Crippen molar-refractivity contribution in [1.82, 2.24) is 0 Å². The zero-order valence-electron chi connectivity index (χ0n) is 10.8. The van der Waals surface area contributed by atoms with E-state index in [0.29, 0.717) is 11.5 Å². The molecule has 0 aliphatic carbocycles. The van der Waals surface area contributed by atoms with Gasteiger partial charge >= 0.3 is 0 Å². The van der Waals surface area contributed by atoms with E-state index in [1.54, 1.807) is 0 Å². The molecule has 17 heavy (non-hydrogen) atoms. The van der Waals surface area contributed by atoms with Gasteiger partial charge in [-0.3, -0.25) is 0 Å². The van der Waals surface area contributed by atoms with Crippen molar-refractivity contribution in [3.05, 3.63) is 29.3 Å². The predicted molar refractivity (Wildman–Crippen MR) is 70.6 cm³/mol. The number of rotatable bonds is 1. The number of benzene rings is 1. The van der Waals surface area contributed by atoms with Crippen molar-refractivity contribution in [1.29, 1.82) is 0 Å². The molecule has 0 aromatic heterocycles. The van der Waals surface area contributed by atoms with E-state index in [0.717, 1.165) is 26.0 Å². The Bertz CT molecular complexity index is 425. The summed E-state index contributed by atoms with van der Waals surface area (Å²) in [5, 5.41) is 3.58. The van der Waals surface area contributed by atoms with Gasteiger partial charge < -0.3 is 10.1 Å². The SMILES string of the molecule is CCC1CC2(CCO1)CNc1ccc(C)cc12. The number of nitrogens with one attached hydrogen (secondary N) is 1.